The van der Waals surface area contributed by atoms with Crippen molar-refractivity contribution in [2.24, 2.45) is 0 Å². The van der Waals surface area contributed by atoms with E-state index in [1.807, 2.05) is 6.07 Å². The molecule has 0 aliphatic carbocycles. The highest BCUT2D eigenvalue weighted by Gasteiger charge is 2.36. The number of allylic oxidation sites excluding steroid dienone is 1. The molecule has 0 saturated carbocycles. The van der Waals surface area contributed by atoms with Crippen molar-refractivity contribution in [3.63, 3.8) is 0 Å². The monoisotopic (exact) mass is 458 g/mol. The first-order valence-corrected chi connectivity index (χ1v) is 9.92. The summed E-state index contributed by atoms with van der Waals surface area (Å²) >= 11 is 0. The molecule has 1 aliphatic rings. The summed E-state index contributed by atoms with van der Waals surface area (Å²) in [6.07, 6.45) is -4.56. The molecule has 0 fully saturated rings. The number of amides is 3. The number of methoxy groups -OCH3 is 1. The Hall–Kier alpha value is -3.84. The first-order valence-electron chi connectivity index (χ1n) is 9.92. The Bertz CT molecular complexity index is 1120. The maximum atomic E-state index is 13.3. The number of carbonyl (C=O) groups excluding carboxylic acids is 2. The Kier molecular flexibility index (Phi) is 7.04. The molecule has 1 atom stereocenters. The standard InChI is InChI=1S/C23H21F3N4O3/c1-14-19(21(31)28-18-5-3-4-17(12-18)23(24,25)26)20(16-8-6-15(13-27)7-9-16)29-22(32)30(14)10-11-33-2/h3-9,12,20H,10-11H2,1-2H3,(H,28,31)(H,29,32). The average molecular weight is 458 g/mol. The molecule has 7 nitrogen and oxygen atoms in total. The van der Waals surface area contributed by atoms with Crippen molar-refractivity contribution in [3.05, 3.63) is 76.5 Å². The van der Waals surface area contributed by atoms with Gasteiger partial charge in [-0.3, -0.25) is 9.69 Å². The first kappa shape index (κ1) is 23.8. The topological polar surface area (TPSA) is 94.5 Å². The Morgan fingerprint density at radius 3 is 2.55 bits per heavy atom. The molecule has 2 aromatic carbocycles. The molecular weight excluding hydrogens is 437 g/mol. The summed E-state index contributed by atoms with van der Waals surface area (Å²) in [6.45, 7) is 1.98. The highest BCUT2D eigenvalue weighted by molar-refractivity contribution is 6.06. The van der Waals surface area contributed by atoms with Gasteiger partial charge in [-0.1, -0.05) is 18.2 Å². The summed E-state index contributed by atoms with van der Waals surface area (Å²) in [5, 5.41) is 14.3. The fourth-order valence-electron chi connectivity index (χ4n) is 3.50. The van der Waals surface area contributed by atoms with Gasteiger partial charge >= 0.3 is 12.2 Å². The van der Waals surface area contributed by atoms with E-state index >= 15 is 0 Å². The Balaban J connectivity index is 2.01. The van der Waals surface area contributed by atoms with Crippen molar-refractivity contribution < 1.29 is 27.5 Å². The predicted octanol–water partition coefficient (Wildman–Crippen LogP) is 4.20. The second-order valence-corrected chi connectivity index (χ2v) is 7.29. The Morgan fingerprint density at radius 2 is 1.94 bits per heavy atom. The van der Waals surface area contributed by atoms with Crippen LogP contribution in [-0.4, -0.2) is 37.1 Å². The molecular formula is C23H21F3N4O3. The molecule has 2 aromatic rings. The van der Waals surface area contributed by atoms with E-state index in [1.165, 1.54) is 24.1 Å². The van der Waals surface area contributed by atoms with Crippen LogP contribution in [-0.2, 0) is 15.7 Å². The summed E-state index contributed by atoms with van der Waals surface area (Å²) in [6, 6.07) is 11.3. The smallest absolute Gasteiger partial charge is 0.383 e. The SMILES string of the molecule is COCCN1C(=O)NC(c2ccc(C#N)cc2)C(C(=O)Nc2cccc(C(F)(F)F)c2)=C1C. The molecule has 1 aliphatic heterocycles. The molecule has 0 spiro atoms. The van der Waals surface area contributed by atoms with Gasteiger partial charge in [0.05, 0.1) is 42.0 Å². The lowest BCUT2D eigenvalue weighted by molar-refractivity contribution is -0.137. The Labute approximate surface area is 188 Å². The minimum Gasteiger partial charge on any atom is -0.383 e. The lowest BCUT2D eigenvalue weighted by Gasteiger charge is -2.35. The van der Waals surface area contributed by atoms with Crippen molar-refractivity contribution in [1.29, 1.82) is 5.26 Å². The van der Waals surface area contributed by atoms with Gasteiger partial charge in [0.1, 0.15) is 0 Å². The quantitative estimate of drug-likeness (QED) is 0.678. The molecule has 1 heterocycles. The van der Waals surface area contributed by atoms with Gasteiger partial charge in [-0.25, -0.2) is 4.79 Å². The lowest BCUT2D eigenvalue weighted by atomic mass is 9.93. The minimum absolute atomic E-state index is 0.0333. The molecule has 0 aromatic heterocycles. The van der Waals surface area contributed by atoms with E-state index in [0.29, 0.717) is 16.8 Å². The van der Waals surface area contributed by atoms with Crippen LogP contribution < -0.4 is 10.6 Å². The van der Waals surface area contributed by atoms with Crippen molar-refractivity contribution in [2.45, 2.75) is 19.1 Å². The number of benzene rings is 2. The minimum atomic E-state index is -4.56. The number of carbonyl (C=O) groups is 2. The summed E-state index contributed by atoms with van der Waals surface area (Å²) in [5.74, 6) is -0.663. The van der Waals surface area contributed by atoms with Crippen molar-refractivity contribution in [3.8, 4) is 6.07 Å². The van der Waals surface area contributed by atoms with E-state index in [9.17, 15) is 22.8 Å². The largest absolute Gasteiger partial charge is 0.416 e. The van der Waals surface area contributed by atoms with E-state index in [0.717, 1.165) is 12.1 Å². The van der Waals surface area contributed by atoms with E-state index in [-0.39, 0.29) is 24.4 Å². The van der Waals surface area contributed by atoms with Crippen LogP contribution in [0.5, 0.6) is 0 Å². The number of rotatable bonds is 6. The lowest BCUT2D eigenvalue weighted by Crippen LogP contribution is -2.49. The molecule has 1 unspecified atom stereocenters. The highest BCUT2D eigenvalue weighted by atomic mass is 19.4. The molecule has 33 heavy (non-hydrogen) atoms. The maximum absolute atomic E-state index is 13.3. The zero-order valence-electron chi connectivity index (χ0n) is 17.9. The average Bonchev–Trinajstić information content (AvgIpc) is 2.78. The molecule has 0 radical (unpaired) electrons. The van der Waals surface area contributed by atoms with E-state index in [4.69, 9.17) is 10.00 Å². The normalized spacial score (nSPS) is 16.3. The van der Waals surface area contributed by atoms with Crippen molar-refractivity contribution in [2.75, 3.05) is 25.6 Å². The third-order valence-corrected chi connectivity index (χ3v) is 5.18. The van der Waals surface area contributed by atoms with Gasteiger partial charge in [0.25, 0.3) is 5.91 Å². The fraction of sp³-hybridized carbons (Fsp3) is 0.261. The van der Waals surface area contributed by atoms with Crippen LogP contribution in [0.1, 0.15) is 29.7 Å². The maximum Gasteiger partial charge on any atom is 0.416 e. The first-order chi connectivity index (χ1) is 15.7. The van der Waals surface area contributed by atoms with Crippen molar-refractivity contribution >= 4 is 17.6 Å². The number of halogens is 3. The number of hydrogen-bond donors (Lipinski definition) is 2. The third-order valence-electron chi connectivity index (χ3n) is 5.18. The number of nitrogens with zero attached hydrogens (tertiary/aromatic N) is 2. The van der Waals surface area contributed by atoms with Crippen LogP contribution >= 0.6 is 0 Å². The second-order valence-electron chi connectivity index (χ2n) is 7.29. The highest BCUT2D eigenvalue weighted by Crippen LogP contribution is 2.33. The number of urea groups is 1. The van der Waals surface area contributed by atoms with Gasteiger partial charge in [0.2, 0.25) is 0 Å². The molecule has 10 heteroatoms. The van der Waals surface area contributed by atoms with E-state index in [1.54, 1.807) is 31.2 Å². The van der Waals surface area contributed by atoms with Gasteiger partial charge in [0, 0.05) is 18.5 Å². The number of nitriles is 1. The summed E-state index contributed by atoms with van der Waals surface area (Å²) in [5.41, 5.74) is 0.519. The molecule has 2 N–H and O–H groups in total. The number of ether oxygens (including phenoxy) is 1. The molecule has 0 bridgehead atoms. The fourth-order valence-corrected chi connectivity index (χ4v) is 3.50. The zero-order chi connectivity index (χ0) is 24.2. The van der Waals surface area contributed by atoms with Gasteiger partial charge in [0.15, 0.2) is 0 Å². The predicted molar refractivity (Wildman–Crippen MR) is 114 cm³/mol. The summed E-state index contributed by atoms with van der Waals surface area (Å²) < 4.78 is 44.2. The van der Waals surface area contributed by atoms with Gasteiger partial charge in [-0.05, 0) is 42.8 Å². The number of hydrogen-bond acceptors (Lipinski definition) is 4. The van der Waals surface area contributed by atoms with Gasteiger partial charge < -0.3 is 15.4 Å². The van der Waals surface area contributed by atoms with Crippen LogP contribution in [0.15, 0.2) is 59.8 Å². The van der Waals surface area contributed by atoms with Gasteiger partial charge in [-0.2, -0.15) is 18.4 Å². The van der Waals surface area contributed by atoms with Crippen LogP contribution in [0.4, 0.5) is 23.7 Å². The van der Waals surface area contributed by atoms with Crippen LogP contribution in [0.3, 0.4) is 0 Å². The molecule has 3 rings (SSSR count). The zero-order valence-corrected chi connectivity index (χ0v) is 17.9. The van der Waals surface area contributed by atoms with Crippen LogP contribution in [0, 0.1) is 11.3 Å². The second kappa shape index (κ2) is 9.75. The summed E-state index contributed by atoms with van der Waals surface area (Å²) in [4.78, 5) is 27.3. The number of nitrogens with one attached hydrogen (secondary N) is 2. The summed E-state index contributed by atoms with van der Waals surface area (Å²) in [7, 11) is 1.47. The van der Waals surface area contributed by atoms with Crippen LogP contribution in [0.25, 0.3) is 0 Å². The third kappa shape index (κ3) is 5.32. The van der Waals surface area contributed by atoms with Gasteiger partial charge in [-0.15, -0.1) is 0 Å². The molecule has 172 valence electrons. The van der Waals surface area contributed by atoms with E-state index < -0.39 is 29.7 Å². The number of anilines is 1. The number of alkyl halides is 3. The Morgan fingerprint density at radius 1 is 1.24 bits per heavy atom. The van der Waals surface area contributed by atoms with E-state index in [2.05, 4.69) is 10.6 Å². The van der Waals surface area contributed by atoms with Crippen molar-refractivity contribution in [1.82, 2.24) is 10.2 Å². The molecule has 0 saturated heterocycles. The molecule has 3 amide bonds. The van der Waals surface area contributed by atoms with Crippen LogP contribution in [0.2, 0.25) is 0 Å².